The number of carbonyl (C=O) groups excluding carboxylic acids is 1. The zero-order valence-corrected chi connectivity index (χ0v) is 18.9. The van der Waals surface area contributed by atoms with Gasteiger partial charge in [0.1, 0.15) is 4.21 Å². The molecule has 0 saturated carbocycles. The molecule has 1 saturated heterocycles. The average Bonchev–Trinajstić information content (AvgIpc) is 3.34. The van der Waals surface area contributed by atoms with Crippen LogP contribution in [0.15, 0.2) is 33.9 Å². The molecule has 2 aromatic heterocycles. The van der Waals surface area contributed by atoms with Crippen LogP contribution in [-0.4, -0.2) is 57.3 Å². The van der Waals surface area contributed by atoms with Crippen LogP contribution >= 0.6 is 22.7 Å². The number of nitrogens with zero attached hydrogens (tertiary/aromatic N) is 2. The Morgan fingerprint density at radius 1 is 1.36 bits per heavy atom. The van der Waals surface area contributed by atoms with E-state index in [0.717, 1.165) is 4.88 Å². The van der Waals surface area contributed by atoms with E-state index >= 15 is 0 Å². The third-order valence-corrected chi connectivity index (χ3v) is 9.34. The molecule has 0 spiro atoms. The lowest BCUT2D eigenvalue weighted by Gasteiger charge is -2.31. The van der Waals surface area contributed by atoms with Crippen LogP contribution in [0.5, 0.6) is 0 Å². The van der Waals surface area contributed by atoms with Gasteiger partial charge in [-0.2, -0.15) is 4.31 Å². The van der Waals surface area contributed by atoms with E-state index in [2.05, 4.69) is 16.3 Å². The van der Waals surface area contributed by atoms with Crippen molar-refractivity contribution in [1.82, 2.24) is 14.5 Å². The highest BCUT2D eigenvalue weighted by Crippen LogP contribution is 2.28. The maximum atomic E-state index is 12.9. The van der Waals surface area contributed by atoms with Gasteiger partial charge in [-0.05, 0) is 57.4 Å². The molecular weight excluding hydrogens is 414 g/mol. The van der Waals surface area contributed by atoms with Crippen molar-refractivity contribution in [2.75, 3.05) is 33.7 Å². The molecule has 2 atom stereocenters. The first-order valence-corrected chi connectivity index (χ1v) is 12.5. The highest BCUT2D eigenvalue weighted by atomic mass is 32.2. The zero-order chi connectivity index (χ0) is 20.3. The molecule has 1 N–H and O–H groups in total. The van der Waals surface area contributed by atoms with Crippen LogP contribution in [0.25, 0.3) is 0 Å². The molecule has 3 heterocycles. The summed E-state index contributed by atoms with van der Waals surface area (Å²) >= 11 is 2.95. The third-order valence-electron chi connectivity index (χ3n) is 5.03. The summed E-state index contributed by atoms with van der Waals surface area (Å²) in [5.74, 6) is -0.374. The van der Waals surface area contributed by atoms with E-state index in [9.17, 15) is 13.2 Å². The predicted molar refractivity (Wildman–Crippen MR) is 114 cm³/mol. The number of likely N-dealkylation sites (N-methyl/N-ethyl adjacent to an activating group) is 1. The largest absolute Gasteiger partial charge is 0.354 e. The third kappa shape index (κ3) is 4.83. The van der Waals surface area contributed by atoms with E-state index in [-0.39, 0.29) is 24.4 Å². The number of thiophene rings is 2. The lowest BCUT2D eigenvalue weighted by atomic mass is 9.98. The minimum absolute atomic E-state index is 0.0642. The van der Waals surface area contributed by atoms with E-state index < -0.39 is 10.0 Å². The quantitative estimate of drug-likeness (QED) is 0.717. The Balaban J connectivity index is 1.63. The monoisotopic (exact) mass is 441 g/mol. The van der Waals surface area contributed by atoms with Gasteiger partial charge in [0, 0.05) is 29.4 Å². The van der Waals surface area contributed by atoms with Crippen molar-refractivity contribution in [2.24, 2.45) is 5.92 Å². The predicted octanol–water partition coefficient (Wildman–Crippen LogP) is 2.94. The average molecular weight is 442 g/mol. The van der Waals surface area contributed by atoms with Crippen LogP contribution in [0.1, 0.15) is 28.6 Å². The molecule has 1 aliphatic heterocycles. The van der Waals surface area contributed by atoms with Crippen LogP contribution in [-0.2, 0) is 14.8 Å². The van der Waals surface area contributed by atoms with Gasteiger partial charge in [-0.25, -0.2) is 8.42 Å². The summed E-state index contributed by atoms with van der Waals surface area (Å²) in [6.45, 7) is 3.12. The van der Waals surface area contributed by atoms with Crippen LogP contribution in [0.4, 0.5) is 0 Å². The first-order chi connectivity index (χ1) is 13.3. The Labute approximate surface area is 175 Å². The molecule has 0 bridgehead atoms. The van der Waals surface area contributed by atoms with Gasteiger partial charge in [0.2, 0.25) is 5.91 Å². The number of rotatable bonds is 7. The normalized spacial score (nSPS) is 19.6. The van der Waals surface area contributed by atoms with Crippen molar-refractivity contribution in [3.8, 4) is 0 Å². The van der Waals surface area contributed by atoms with Gasteiger partial charge < -0.3 is 10.2 Å². The van der Waals surface area contributed by atoms with Gasteiger partial charge in [-0.1, -0.05) is 6.07 Å². The Kier molecular flexibility index (Phi) is 6.93. The minimum Gasteiger partial charge on any atom is -0.354 e. The van der Waals surface area contributed by atoms with Crippen molar-refractivity contribution in [2.45, 2.75) is 30.0 Å². The molecule has 1 amide bonds. The van der Waals surface area contributed by atoms with Crippen LogP contribution in [0.2, 0.25) is 0 Å². The second-order valence-electron chi connectivity index (χ2n) is 7.31. The molecule has 3 rings (SSSR count). The lowest BCUT2D eigenvalue weighted by Crippen LogP contribution is -2.46. The first kappa shape index (κ1) is 21.4. The molecular formula is C19H27N3O3S3. The Morgan fingerprint density at radius 3 is 2.75 bits per heavy atom. The van der Waals surface area contributed by atoms with E-state index in [1.54, 1.807) is 17.4 Å². The summed E-state index contributed by atoms with van der Waals surface area (Å²) in [4.78, 5) is 17.0. The van der Waals surface area contributed by atoms with Crippen LogP contribution in [0, 0.1) is 12.8 Å². The van der Waals surface area contributed by atoms with Gasteiger partial charge in [-0.3, -0.25) is 4.79 Å². The maximum absolute atomic E-state index is 12.9. The SMILES string of the molecule is Cc1ccc(S(=O)(=O)N2CCC[C@H](C(=O)NC[C@H](c3cccs3)N(C)C)C2)s1. The summed E-state index contributed by atoms with van der Waals surface area (Å²) in [7, 11) is 0.467. The molecule has 0 unspecified atom stereocenters. The highest BCUT2D eigenvalue weighted by molar-refractivity contribution is 7.91. The molecule has 154 valence electrons. The number of nitrogens with one attached hydrogen (secondary N) is 1. The fourth-order valence-electron chi connectivity index (χ4n) is 3.41. The van der Waals surface area contributed by atoms with Crippen molar-refractivity contribution < 1.29 is 13.2 Å². The maximum Gasteiger partial charge on any atom is 0.252 e. The van der Waals surface area contributed by atoms with Crippen LogP contribution < -0.4 is 5.32 Å². The van der Waals surface area contributed by atoms with Gasteiger partial charge in [-0.15, -0.1) is 22.7 Å². The molecule has 0 aliphatic carbocycles. The van der Waals surface area contributed by atoms with E-state index in [4.69, 9.17) is 0 Å². The van der Waals surface area contributed by atoms with Gasteiger partial charge in [0.05, 0.1) is 12.0 Å². The highest BCUT2D eigenvalue weighted by Gasteiger charge is 2.34. The van der Waals surface area contributed by atoms with Crippen molar-refractivity contribution in [1.29, 1.82) is 0 Å². The molecule has 28 heavy (non-hydrogen) atoms. The zero-order valence-electron chi connectivity index (χ0n) is 16.4. The van der Waals surface area contributed by atoms with Gasteiger partial charge in [0.15, 0.2) is 0 Å². The lowest BCUT2D eigenvalue weighted by molar-refractivity contribution is -0.126. The van der Waals surface area contributed by atoms with Crippen molar-refractivity contribution in [3.05, 3.63) is 39.4 Å². The summed E-state index contributed by atoms with van der Waals surface area (Å²) in [6, 6.07) is 7.66. The van der Waals surface area contributed by atoms with Crippen molar-refractivity contribution in [3.63, 3.8) is 0 Å². The smallest absolute Gasteiger partial charge is 0.252 e. The molecule has 2 aromatic rings. The van der Waals surface area contributed by atoms with Crippen molar-refractivity contribution >= 4 is 38.6 Å². The molecule has 0 aromatic carbocycles. The number of aryl methyl sites for hydroxylation is 1. The fourth-order valence-corrected chi connectivity index (χ4v) is 7.30. The summed E-state index contributed by atoms with van der Waals surface area (Å²) in [5, 5.41) is 5.08. The Bertz CT molecular complexity index is 891. The molecule has 9 heteroatoms. The second kappa shape index (κ2) is 9.04. The van der Waals surface area contributed by atoms with Gasteiger partial charge in [0.25, 0.3) is 10.0 Å². The van der Waals surface area contributed by atoms with E-state index in [1.807, 2.05) is 38.5 Å². The minimum atomic E-state index is -3.52. The number of piperidine rings is 1. The fraction of sp³-hybridized carbons (Fsp3) is 0.526. The Morgan fingerprint density at radius 2 is 2.14 bits per heavy atom. The number of hydrogen-bond acceptors (Lipinski definition) is 6. The number of sulfonamides is 1. The van der Waals surface area contributed by atoms with E-state index in [0.29, 0.717) is 30.1 Å². The summed E-state index contributed by atoms with van der Waals surface area (Å²) in [6.07, 6.45) is 1.41. The number of carbonyl (C=O) groups is 1. The first-order valence-electron chi connectivity index (χ1n) is 9.33. The summed E-state index contributed by atoms with van der Waals surface area (Å²) < 4.78 is 27.6. The Hall–Kier alpha value is -1.26. The van der Waals surface area contributed by atoms with Gasteiger partial charge >= 0.3 is 0 Å². The number of hydrogen-bond donors (Lipinski definition) is 1. The molecule has 0 radical (unpaired) electrons. The number of amides is 1. The standard InChI is InChI=1S/C19H27N3O3S3/c1-14-8-9-18(27-14)28(24,25)22-10-4-6-15(13-22)19(23)20-12-16(21(2)3)17-7-5-11-26-17/h5,7-9,11,15-16H,4,6,10,12-13H2,1-3H3,(H,20,23)/t15-,16+/m0/s1. The topological polar surface area (TPSA) is 69.7 Å². The molecule has 1 fully saturated rings. The molecule has 1 aliphatic rings. The van der Waals surface area contributed by atoms with E-state index in [1.165, 1.54) is 20.5 Å². The molecule has 6 nitrogen and oxygen atoms in total. The van der Waals surface area contributed by atoms with Crippen LogP contribution in [0.3, 0.4) is 0 Å². The second-order valence-corrected chi connectivity index (χ2v) is 11.7. The summed E-state index contributed by atoms with van der Waals surface area (Å²) in [5.41, 5.74) is 0.